The molecule has 5 rings (SSSR count). The predicted octanol–water partition coefficient (Wildman–Crippen LogP) is 3.89. The molecule has 1 aromatic carbocycles. The SMILES string of the molecule is Nc1ncc(-c2ccc([C@@]34CC[C@@H]3CN(CC(F)(F)F)C4)cc2)cc1C(=O)N[C@H]1CC[C@H](O)CC1. The van der Waals surface area contributed by atoms with E-state index in [1.54, 1.807) is 12.3 Å². The van der Waals surface area contributed by atoms with Crippen LogP contribution in [0, 0.1) is 5.92 Å². The summed E-state index contributed by atoms with van der Waals surface area (Å²) in [5.41, 5.74) is 8.80. The van der Waals surface area contributed by atoms with Crippen LogP contribution in [-0.2, 0) is 5.41 Å². The van der Waals surface area contributed by atoms with Crippen LogP contribution in [0.1, 0.15) is 54.4 Å². The Balaban J connectivity index is 1.30. The van der Waals surface area contributed by atoms with Crippen molar-refractivity contribution in [2.24, 2.45) is 5.92 Å². The van der Waals surface area contributed by atoms with Crippen LogP contribution in [0.15, 0.2) is 36.5 Å². The van der Waals surface area contributed by atoms with E-state index in [0.29, 0.717) is 31.5 Å². The molecule has 3 fully saturated rings. The van der Waals surface area contributed by atoms with Gasteiger partial charge in [-0.3, -0.25) is 9.69 Å². The van der Waals surface area contributed by atoms with Crippen molar-refractivity contribution in [3.63, 3.8) is 0 Å². The minimum absolute atomic E-state index is 0.00578. The molecule has 6 nitrogen and oxygen atoms in total. The molecule has 1 saturated heterocycles. The van der Waals surface area contributed by atoms with Gasteiger partial charge in [-0.25, -0.2) is 4.98 Å². The molecule has 0 unspecified atom stereocenters. The van der Waals surface area contributed by atoms with Crippen LogP contribution < -0.4 is 11.1 Å². The summed E-state index contributed by atoms with van der Waals surface area (Å²) >= 11 is 0. The number of hydrogen-bond acceptors (Lipinski definition) is 5. The molecular weight excluding hydrogens is 457 g/mol. The highest BCUT2D eigenvalue weighted by Crippen LogP contribution is 2.54. The first kappa shape index (κ1) is 24.1. The number of nitrogens with two attached hydrogens (primary N) is 1. The topological polar surface area (TPSA) is 91.5 Å². The number of nitrogens with zero attached hydrogens (tertiary/aromatic N) is 2. The van der Waals surface area contributed by atoms with E-state index in [0.717, 1.165) is 42.4 Å². The van der Waals surface area contributed by atoms with Gasteiger partial charge in [-0.1, -0.05) is 24.3 Å². The third kappa shape index (κ3) is 4.89. The lowest BCUT2D eigenvalue weighted by atomic mass is 9.58. The zero-order chi connectivity index (χ0) is 24.8. The number of aromatic nitrogens is 1. The first-order valence-corrected chi connectivity index (χ1v) is 12.3. The molecule has 2 aromatic rings. The highest BCUT2D eigenvalue weighted by molar-refractivity contribution is 5.99. The number of pyridine rings is 1. The largest absolute Gasteiger partial charge is 0.401 e. The maximum Gasteiger partial charge on any atom is 0.401 e. The summed E-state index contributed by atoms with van der Waals surface area (Å²) in [4.78, 5) is 18.6. The normalized spacial score (nSPS) is 28.9. The van der Waals surface area contributed by atoms with Gasteiger partial charge in [0.05, 0.1) is 18.2 Å². The quantitative estimate of drug-likeness (QED) is 0.594. The predicted molar refractivity (Wildman–Crippen MR) is 127 cm³/mol. The van der Waals surface area contributed by atoms with Crippen molar-refractivity contribution >= 4 is 11.7 Å². The highest BCUT2D eigenvalue weighted by atomic mass is 19.4. The van der Waals surface area contributed by atoms with Crippen LogP contribution in [-0.4, -0.2) is 58.9 Å². The van der Waals surface area contributed by atoms with Gasteiger partial charge in [-0.2, -0.15) is 13.2 Å². The average molecular weight is 489 g/mol. The molecule has 1 aromatic heterocycles. The number of aliphatic hydroxyl groups is 1. The smallest absolute Gasteiger partial charge is 0.393 e. The summed E-state index contributed by atoms with van der Waals surface area (Å²) in [6.45, 7) is 0.0662. The summed E-state index contributed by atoms with van der Waals surface area (Å²) < 4.78 is 38.8. The van der Waals surface area contributed by atoms with Crippen molar-refractivity contribution in [1.82, 2.24) is 15.2 Å². The maximum atomic E-state index is 12.9. The molecule has 1 aliphatic heterocycles. The second-order valence-corrected chi connectivity index (χ2v) is 10.4. The monoisotopic (exact) mass is 488 g/mol. The van der Waals surface area contributed by atoms with E-state index in [1.165, 1.54) is 4.90 Å². The summed E-state index contributed by atoms with van der Waals surface area (Å²) in [6.07, 6.45) is 1.79. The standard InChI is InChI=1S/C26H31F3N4O2/c27-26(28,29)15-33-13-19-9-10-25(19,14-33)18-3-1-16(2-4-18)17-11-22(23(30)31-12-17)24(35)32-20-5-7-21(34)8-6-20/h1-4,11-12,19-21,34H,5-10,13-15H2,(H2,30,31)(H,32,35)/t19-,20-,21-,25+/m1/s1. The van der Waals surface area contributed by atoms with E-state index in [1.807, 2.05) is 24.3 Å². The van der Waals surface area contributed by atoms with Crippen molar-refractivity contribution < 1.29 is 23.1 Å². The van der Waals surface area contributed by atoms with Gasteiger partial charge in [0.15, 0.2) is 0 Å². The van der Waals surface area contributed by atoms with Gasteiger partial charge in [0.2, 0.25) is 0 Å². The lowest BCUT2D eigenvalue weighted by Gasteiger charge is -2.45. The van der Waals surface area contributed by atoms with Crippen LogP contribution in [0.25, 0.3) is 11.1 Å². The number of aliphatic hydroxyl groups excluding tert-OH is 1. The minimum Gasteiger partial charge on any atom is -0.393 e. The van der Waals surface area contributed by atoms with Crippen molar-refractivity contribution in [1.29, 1.82) is 0 Å². The molecule has 3 aliphatic rings. The molecule has 35 heavy (non-hydrogen) atoms. The molecule has 2 heterocycles. The van der Waals surface area contributed by atoms with Crippen LogP contribution in [0.4, 0.5) is 19.0 Å². The van der Waals surface area contributed by atoms with E-state index >= 15 is 0 Å². The van der Waals surface area contributed by atoms with Gasteiger partial charge in [-0.15, -0.1) is 0 Å². The molecule has 2 saturated carbocycles. The Labute approximate surface area is 202 Å². The van der Waals surface area contributed by atoms with Gasteiger partial charge < -0.3 is 16.2 Å². The fourth-order valence-electron chi connectivity index (χ4n) is 6.08. The summed E-state index contributed by atoms with van der Waals surface area (Å²) in [7, 11) is 0. The van der Waals surface area contributed by atoms with E-state index in [4.69, 9.17) is 5.73 Å². The number of hydrogen-bond donors (Lipinski definition) is 3. The van der Waals surface area contributed by atoms with Gasteiger partial charge in [0, 0.05) is 36.3 Å². The Hall–Kier alpha value is -2.65. The lowest BCUT2D eigenvalue weighted by Crippen LogP contribution is -2.44. The molecule has 2 aliphatic carbocycles. The summed E-state index contributed by atoms with van der Waals surface area (Å²) in [5, 5.41) is 12.7. The number of carbonyl (C=O) groups is 1. The fourth-order valence-corrected chi connectivity index (χ4v) is 6.08. The Morgan fingerprint density at radius 2 is 1.86 bits per heavy atom. The Morgan fingerprint density at radius 1 is 1.14 bits per heavy atom. The third-order valence-corrected chi connectivity index (χ3v) is 8.10. The van der Waals surface area contributed by atoms with Crippen LogP contribution >= 0.6 is 0 Å². The number of fused-ring (bicyclic) bond motifs is 1. The maximum absolute atomic E-state index is 12.9. The van der Waals surface area contributed by atoms with Crippen molar-refractivity contribution in [3.8, 4) is 11.1 Å². The van der Waals surface area contributed by atoms with E-state index < -0.39 is 12.7 Å². The summed E-state index contributed by atoms with van der Waals surface area (Å²) in [6, 6.07) is 9.64. The van der Waals surface area contributed by atoms with E-state index in [9.17, 15) is 23.1 Å². The number of nitrogens with one attached hydrogen (secondary N) is 1. The second kappa shape index (κ2) is 9.09. The zero-order valence-electron chi connectivity index (χ0n) is 19.5. The molecule has 9 heteroatoms. The molecule has 0 radical (unpaired) electrons. The first-order valence-electron chi connectivity index (χ1n) is 12.3. The number of alkyl halides is 3. The van der Waals surface area contributed by atoms with Gasteiger partial charge in [0.1, 0.15) is 5.82 Å². The fraction of sp³-hybridized carbons (Fsp3) is 0.538. The first-order chi connectivity index (χ1) is 16.6. The number of halogens is 3. The van der Waals surface area contributed by atoms with Gasteiger partial charge in [0.25, 0.3) is 5.91 Å². The van der Waals surface area contributed by atoms with Crippen molar-refractivity contribution in [3.05, 3.63) is 47.7 Å². The Morgan fingerprint density at radius 3 is 2.49 bits per heavy atom. The molecule has 188 valence electrons. The molecule has 0 spiro atoms. The van der Waals surface area contributed by atoms with Crippen molar-refractivity contribution in [2.75, 3.05) is 25.4 Å². The number of carbonyl (C=O) groups excluding carboxylic acids is 1. The average Bonchev–Trinajstić information content (AvgIpc) is 3.04. The summed E-state index contributed by atoms with van der Waals surface area (Å²) in [5.74, 6) is 0.137. The van der Waals surface area contributed by atoms with Crippen LogP contribution in [0.5, 0.6) is 0 Å². The molecular formula is C26H31F3N4O2. The lowest BCUT2D eigenvalue weighted by molar-refractivity contribution is -0.143. The van der Waals surface area contributed by atoms with Crippen LogP contribution in [0.3, 0.4) is 0 Å². The van der Waals surface area contributed by atoms with Gasteiger partial charge in [-0.05, 0) is 61.6 Å². The number of rotatable bonds is 5. The molecule has 0 bridgehead atoms. The van der Waals surface area contributed by atoms with Gasteiger partial charge >= 0.3 is 6.18 Å². The molecule has 1 amide bonds. The number of anilines is 1. The molecule has 4 N–H and O–H groups in total. The number of nitrogen functional groups attached to an aromatic ring is 1. The highest BCUT2D eigenvalue weighted by Gasteiger charge is 2.54. The van der Waals surface area contributed by atoms with Crippen LogP contribution in [0.2, 0.25) is 0 Å². The molecule has 2 atom stereocenters. The third-order valence-electron chi connectivity index (χ3n) is 8.10. The van der Waals surface area contributed by atoms with E-state index in [-0.39, 0.29) is 35.2 Å². The minimum atomic E-state index is -4.18. The van der Waals surface area contributed by atoms with E-state index in [2.05, 4.69) is 10.3 Å². The number of benzene rings is 1. The Bertz CT molecular complexity index is 1080. The number of likely N-dealkylation sites (tertiary alicyclic amines) is 1. The Kier molecular flexibility index (Phi) is 6.25. The van der Waals surface area contributed by atoms with Crippen molar-refractivity contribution in [2.45, 2.75) is 62.3 Å². The zero-order valence-corrected chi connectivity index (χ0v) is 19.5. The second-order valence-electron chi connectivity index (χ2n) is 10.4. The number of amides is 1.